The number of carbonyl (C=O) groups is 1. The number of hydrogen-bond acceptors (Lipinski definition) is 8. The van der Waals surface area contributed by atoms with Crippen molar-refractivity contribution in [3.63, 3.8) is 0 Å². The van der Waals surface area contributed by atoms with Gasteiger partial charge in [0, 0.05) is 11.3 Å². The second-order valence-corrected chi connectivity index (χ2v) is 13.5. The van der Waals surface area contributed by atoms with Gasteiger partial charge in [-0.15, -0.1) is 0 Å². The Kier molecular flexibility index (Phi) is 7.19. The number of allylic oxidation sites excluding steroid dienone is 1. The molecule has 8 heteroatoms. The second kappa shape index (κ2) is 9.22. The molecule has 4 aliphatic rings. The van der Waals surface area contributed by atoms with Crippen molar-refractivity contribution in [1.82, 2.24) is 0 Å². The third-order valence-electron chi connectivity index (χ3n) is 11.0. The van der Waals surface area contributed by atoms with E-state index in [1.54, 1.807) is 26.8 Å². The molecular weight excluding hydrogens is 476 g/mol. The first-order valence-electron chi connectivity index (χ1n) is 13.7. The average molecular weight is 523 g/mol. The smallest absolute Gasteiger partial charge is 0.159 e. The maximum Gasteiger partial charge on any atom is 0.159 e. The van der Waals surface area contributed by atoms with Crippen LogP contribution < -0.4 is 0 Å². The Bertz CT molecular complexity index is 979. The van der Waals surface area contributed by atoms with Gasteiger partial charge in [0.1, 0.15) is 0 Å². The molecule has 0 spiro atoms. The molecule has 0 aromatic rings. The Morgan fingerprint density at radius 2 is 1.76 bits per heavy atom. The van der Waals surface area contributed by atoms with Gasteiger partial charge in [-0.3, -0.25) is 4.79 Å². The zero-order valence-electron chi connectivity index (χ0n) is 22.8. The van der Waals surface area contributed by atoms with Crippen LogP contribution in [0.2, 0.25) is 0 Å². The van der Waals surface area contributed by atoms with Crippen LogP contribution in [0, 0.1) is 28.6 Å². The SMILES string of the molecule is CC(C)(O)C(=CCO)CC(O)C(C)(O)C1CCC2(O)C3=CC(=O)C4CC(O)C(O)CC4(C)C3CCC12C. The van der Waals surface area contributed by atoms with Gasteiger partial charge in [-0.2, -0.15) is 0 Å². The fraction of sp³-hybridized carbons (Fsp3) is 0.828. The molecule has 37 heavy (non-hydrogen) atoms. The maximum absolute atomic E-state index is 13.3. The van der Waals surface area contributed by atoms with Gasteiger partial charge in [0.25, 0.3) is 0 Å². The molecule has 10 unspecified atom stereocenters. The third kappa shape index (κ3) is 4.28. The Balaban J connectivity index is 1.67. The number of ketones is 1. The topological polar surface area (TPSA) is 159 Å². The van der Waals surface area contributed by atoms with Gasteiger partial charge in [-0.25, -0.2) is 0 Å². The lowest BCUT2D eigenvalue weighted by molar-refractivity contribution is -0.175. The molecule has 0 bridgehead atoms. The molecule has 4 aliphatic carbocycles. The van der Waals surface area contributed by atoms with Crippen LogP contribution in [0.4, 0.5) is 0 Å². The molecule has 0 heterocycles. The van der Waals surface area contributed by atoms with Crippen molar-refractivity contribution < 1.29 is 40.5 Å². The number of rotatable bonds is 6. The highest BCUT2D eigenvalue weighted by molar-refractivity contribution is 5.95. The quantitative estimate of drug-likeness (QED) is 0.258. The van der Waals surface area contributed by atoms with E-state index < -0.39 is 57.8 Å². The first kappa shape index (κ1) is 28.9. The lowest BCUT2D eigenvalue weighted by atomic mass is 9.45. The van der Waals surface area contributed by atoms with Crippen molar-refractivity contribution in [3.8, 4) is 0 Å². The second-order valence-electron chi connectivity index (χ2n) is 13.5. The molecule has 0 aromatic heterocycles. The summed E-state index contributed by atoms with van der Waals surface area (Å²) in [5.41, 5.74) is -4.55. The van der Waals surface area contributed by atoms with Crippen LogP contribution in [-0.4, -0.2) is 83.3 Å². The fourth-order valence-electron chi connectivity index (χ4n) is 8.65. The van der Waals surface area contributed by atoms with Gasteiger partial charge in [0.15, 0.2) is 5.78 Å². The molecule has 0 aromatic carbocycles. The lowest BCUT2D eigenvalue weighted by Crippen LogP contribution is -2.62. The summed E-state index contributed by atoms with van der Waals surface area (Å²) in [7, 11) is 0. The van der Waals surface area contributed by atoms with Gasteiger partial charge >= 0.3 is 0 Å². The van der Waals surface area contributed by atoms with Crippen LogP contribution in [0.5, 0.6) is 0 Å². The summed E-state index contributed by atoms with van der Waals surface area (Å²) >= 11 is 0. The molecular formula is C29H46O8. The van der Waals surface area contributed by atoms with Crippen LogP contribution >= 0.6 is 0 Å². The van der Waals surface area contributed by atoms with Crippen LogP contribution in [0.15, 0.2) is 23.3 Å². The number of hydrogen-bond donors (Lipinski definition) is 7. The van der Waals surface area contributed by atoms with Crippen molar-refractivity contribution >= 4 is 5.78 Å². The zero-order valence-corrected chi connectivity index (χ0v) is 22.8. The van der Waals surface area contributed by atoms with E-state index in [2.05, 4.69) is 0 Å². The van der Waals surface area contributed by atoms with E-state index in [1.165, 1.54) is 6.08 Å². The maximum atomic E-state index is 13.3. The predicted molar refractivity (Wildman–Crippen MR) is 137 cm³/mol. The first-order chi connectivity index (χ1) is 16.9. The van der Waals surface area contributed by atoms with Crippen molar-refractivity contribution in [2.24, 2.45) is 28.6 Å². The van der Waals surface area contributed by atoms with Crippen molar-refractivity contribution in [1.29, 1.82) is 0 Å². The van der Waals surface area contributed by atoms with Gasteiger partial charge in [-0.1, -0.05) is 19.9 Å². The normalized spacial score (nSPS) is 44.9. The minimum Gasteiger partial charge on any atom is -0.392 e. The van der Waals surface area contributed by atoms with Crippen LogP contribution in [-0.2, 0) is 4.79 Å². The van der Waals surface area contributed by atoms with E-state index in [-0.39, 0.29) is 37.6 Å². The standard InChI is InChI=1S/C29H46O8/c1-25(2,35)16(8-11-30)12-24(34)28(5,36)23-7-10-29(37)18-13-20(31)19-14-21(32)22(33)15-26(19,3)17(18)6-9-27(23,29)4/h8,13,17,19,21-24,30,32-37H,6-7,9-12,14-15H2,1-5H3. The molecule has 0 radical (unpaired) electrons. The highest BCUT2D eigenvalue weighted by atomic mass is 16.3. The molecule has 0 aliphatic heterocycles. The summed E-state index contributed by atoms with van der Waals surface area (Å²) in [6.45, 7) is 8.32. The Hall–Kier alpha value is -1.13. The number of aliphatic hydroxyl groups excluding tert-OH is 4. The van der Waals surface area contributed by atoms with Gasteiger partial charge in [0.05, 0.1) is 41.7 Å². The van der Waals surface area contributed by atoms with Crippen LogP contribution in [0.1, 0.15) is 79.6 Å². The van der Waals surface area contributed by atoms with E-state index in [1.807, 2.05) is 13.8 Å². The van der Waals surface area contributed by atoms with Gasteiger partial charge in [-0.05, 0) is 100 Å². The third-order valence-corrected chi connectivity index (χ3v) is 11.0. The van der Waals surface area contributed by atoms with Crippen LogP contribution in [0.3, 0.4) is 0 Å². The predicted octanol–water partition coefficient (Wildman–Crippen LogP) is 1.38. The molecule has 0 amide bonds. The molecule has 3 fully saturated rings. The Morgan fingerprint density at radius 3 is 2.35 bits per heavy atom. The molecule has 10 atom stereocenters. The van der Waals surface area contributed by atoms with E-state index in [4.69, 9.17) is 0 Å². The molecule has 3 saturated carbocycles. The van der Waals surface area contributed by atoms with Gasteiger partial charge < -0.3 is 35.7 Å². The monoisotopic (exact) mass is 522 g/mol. The molecule has 8 nitrogen and oxygen atoms in total. The summed E-state index contributed by atoms with van der Waals surface area (Å²) in [4.78, 5) is 13.3. The summed E-state index contributed by atoms with van der Waals surface area (Å²) in [6, 6.07) is 0. The minimum absolute atomic E-state index is 0.0359. The molecule has 7 N–H and O–H groups in total. The van der Waals surface area contributed by atoms with Crippen molar-refractivity contribution in [2.75, 3.05) is 6.61 Å². The average Bonchev–Trinajstić information content (AvgIpc) is 3.07. The van der Waals surface area contributed by atoms with Crippen LogP contribution in [0.25, 0.3) is 0 Å². The first-order valence-corrected chi connectivity index (χ1v) is 13.7. The van der Waals surface area contributed by atoms with Crippen molar-refractivity contribution in [3.05, 3.63) is 23.3 Å². The number of aliphatic hydroxyl groups is 7. The summed E-state index contributed by atoms with van der Waals surface area (Å²) < 4.78 is 0. The highest BCUT2D eigenvalue weighted by Gasteiger charge is 2.69. The minimum atomic E-state index is -1.61. The van der Waals surface area contributed by atoms with Gasteiger partial charge in [0.2, 0.25) is 0 Å². The van der Waals surface area contributed by atoms with E-state index in [0.29, 0.717) is 36.8 Å². The number of fused-ring (bicyclic) bond motifs is 5. The van der Waals surface area contributed by atoms with E-state index in [0.717, 1.165) is 0 Å². The largest absolute Gasteiger partial charge is 0.392 e. The summed E-state index contributed by atoms with van der Waals surface area (Å²) in [6.07, 6.45) is 2.39. The zero-order chi connectivity index (χ0) is 27.8. The highest BCUT2D eigenvalue weighted by Crippen LogP contribution is 2.68. The molecule has 0 saturated heterocycles. The Morgan fingerprint density at radius 1 is 1.11 bits per heavy atom. The van der Waals surface area contributed by atoms with Crippen molar-refractivity contribution in [2.45, 2.75) is 115 Å². The number of carbonyl (C=O) groups excluding carboxylic acids is 1. The fourth-order valence-corrected chi connectivity index (χ4v) is 8.65. The van der Waals surface area contributed by atoms with E-state index in [9.17, 15) is 40.5 Å². The summed E-state index contributed by atoms with van der Waals surface area (Å²) in [5, 5.41) is 75.9. The lowest BCUT2D eigenvalue weighted by Gasteiger charge is -2.60. The molecule has 210 valence electrons. The summed E-state index contributed by atoms with van der Waals surface area (Å²) in [5.74, 6) is -1.15. The van der Waals surface area contributed by atoms with E-state index >= 15 is 0 Å². The molecule has 4 rings (SSSR count). The Labute approximate surface area is 219 Å².